The third-order valence-corrected chi connectivity index (χ3v) is 13.7. The maximum atomic E-state index is 2.57. The normalized spacial score (nSPS) is 12.4. The second-order valence-electron chi connectivity index (χ2n) is 19.8. The second kappa shape index (κ2) is 14.7. The summed E-state index contributed by atoms with van der Waals surface area (Å²) in [5, 5.41) is 14.2. The van der Waals surface area contributed by atoms with Crippen molar-refractivity contribution in [3.63, 3.8) is 0 Å². The zero-order chi connectivity index (χ0) is 44.1. The van der Waals surface area contributed by atoms with Crippen LogP contribution in [0.1, 0.15) is 63.9 Å². The molecule has 0 radical (unpaired) electrons. The van der Waals surface area contributed by atoms with Crippen LogP contribution in [0.15, 0.2) is 182 Å². The minimum atomic E-state index is -0.0757. The van der Waals surface area contributed by atoms with Gasteiger partial charge in [0.05, 0.1) is 11.2 Å². The average molecular weight is 827 g/mol. The highest BCUT2D eigenvalue weighted by molar-refractivity contribution is 6.34. The van der Waals surface area contributed by atoms with E-state index in [4.69, 9.17) is 0 Å². The Morgan fingerprint density at radius 2 is 0.859 bits per heavy atom. The van der Waals surface area contributed by atoms with Crippen LogP contribution in [0.2, 0.25) is 0 Å². The summed E-state index contributed by atoms with van der Waals surface area (Å²) in [4.78, 5) is 2.44. The molecule has 1 heterocycles. The first-order valence-corrected chi connectivity index (χ1v) is 22.8. The van der Waals surface area contributed by atoms with Gasteiger partial charge in [0.1, 0.15) is 0 Å². The van der Waals surface area contributed by atoms with E-state index >= 15 is 0 Å². The monoisotopic (exact) mass is 826 g/mol. The minimum absolute atomic E-state index is 0.0425. The molecule has 0 amide bonds. The number of nitrogens with zero attached hydrogens (tertiary/aromatic N) is 2. The third-order valence-electron chi connectivity index (χ3n) is 13.7. The van der Waals surface area contributed by atoms with Crippen molar-refractivity contribution in [3.05, 3.63) is 204 Å². The van der Waals surface area contributed by atoms with Crippen molar-refractivity contribution in [3.8, 4) is 16.8 Å². The lowest BCUT2D eigenvalue weighted by atomic mass is 9.74. The molecule has 0 aliphatic heterocycles. The van der Waals surface area contributed by atoms with Crippen molar-refractivity contribution in [1.82, 2.24) is 4.57 Å². The Bertz CT molecular complexity index is 3620. The number of rotatable bonds is 5. The van der Waals surface area contributed by atoms with Crippen LogP contribution < -0.4 is 4.90 Å². The number of hydrogen-bond donors (Lipinski definition) is 0. The second-order valence-corrected chi connectivity index (χ2v) is 19.8. The van der Waals surface area contributed by atoms with Crippen molar-refractivity contribution in [1.29, 1.82) is 0 Å². The molecule has 0 N–H and O–H groups in total. The molecule has 0 atom stereocenters. The van der Waals surface area contributed by atoms with Crippen LogP contribution in [0.3, 0.4) is 0 Å². The molecule has 10 aromatic carbocycles. The Morgan fingerprint density at radius 3 is 1.48 bits per heavy atom. The summed E-state index contributed by atoms with van der Waals surface area (Å²) in [7, 11) is 0. The fourth-order valence-corrected chi connectivity index (χ4v) is 11.0. The Morgan fingerprint density at radius 1 is 0.375 bits per heavy atom. The van der Waals surface area contributed by atoms with Gasteiger partial charge in [-0.25, -0.2) is 0 Å². The topological polar surface area (TPSA) is 8.17 Å². The highest BCUT2D eigenvalue weighted by atomic mass is 15.1. The van der Waals surface area contributed by atoms with E-state index in [0.717, 1.165) is 17.1 Å². The SMILES string of the molecule is Cc1c(C)n(-c2ccc3c(C(C)(C)C)c4ccccc4c(C(C)(C)C)c3c2)c2c3ccccc3c3cc(N(c4ccccc4)c4ccc(-c5ccccc5)cc4)c4ccccc4c3c12. The van der Waals surface area contributed by atoms with Crippen molar-refractivity contribution < 1.29 is 0 Å². The molecule has 2 nitrogen and oxygen atoms in total. The van der Waals surface area contributed by atoms with Gasteiger partial charge in [0.15, 0.2) is 0 Å². The first-order valence-electron chi connectivity index (χ1n) is 22.8. The maximum absolute atomic E-state index is 2.57. The molecule has 0 aliphatic carbocycles. The zero-order valence-electron chi connectivity index (χ0n) is 38.2. The summed E-state index contributed by atoms with van der Waals surface area (Å²) < 4.78 is 2.57. The molecule has 312 valence electrons. The summed E-state index contributed by atoms with van der Waals surface area (Å²) in [5.74, 6) is 0. The number of hydrogen-bond acceptors (Lipinski definition) is 1. The molecule has 0 spiro atoms. The molecule has 0 unspecified atom stereocenters. The minimum Gasteiger partial charge on any atom is -0.313 e. The van der Waals surface area contributed by atoms with E-state index in [9.17, 15) is 0 Å². The van der Waals surface area contributed by atoms with Crippen molar-refractivity contribution >= 4 is 81.8 Å². The molecule has 64 heavy (non-hydrogen) atoms. The van der Waals surface area contributed by atoms with E-state index in [0.29, 0.717) is 0 Å². The van der Waals surface area contributed by atoms with Crippen LogP contribution in [0.5, 0.6) is 0 Å². The standard InChI is InChI=1S/C62H54N2/c1-39-40(2)63(45-35-36-51-54(37-45)59(62(6,7)8)50-29-19-18-28-49(50)58(51)61(3,4)5)60-52-30-20-15-25-46(52)53-38-55(47-26-16-17-27-48(47)57(53)56(39)60)64(43-23-13-10-14-24-43)44-33-31-42(32-34-44)41-21-11-9-12-22-41/h9-38H,1-8H3. The van der Waals surface area contributed by atoms with Gasteiger partial charge in [0, 0.05) is 38.9 Å². The molecule has 11 aromatic rings. The molecule has 2 heteroatoms. The van der Waals surface area contributed by atoms with Crippen LogP contribution >= 0.6 is 0 Å². The molecule has 0 fully saturated rings. The van der Waals surface area contributed by atoms with Gasteiger partial charge in [-0.05, 0) is 138 Å². The summed E-state index contributed by atoms with van der Waals surface area (Å²) >= 11 is 0. The van der Waals surface area contributed by atoms with Crippen molar-refractivity contribution in [2.24, 2.45) is 0 Å². The summed E-state index contributed by atoms with van der Waals surface area (Å²) in [6.07, 6.45) is 0. The van der Waals surface area contributed by atoms with E-state index in [1.54, 1.807) is 0 Å². The number of para-hydroxylation sites is 1. The van der Waals surface area contributed by atoms with Gasteiger partial charge in [0.2, 0.25) is 0 Å². The molecule has 0 saturated heterocycles. The highest BCUT2D eigenvalue weighted by Gasteiger charge is 2.29. The van der Waals surface area contributed by atoms with Gasteiger partial charge in [-0.15, -0.1) is 0 Å². The molecular formula is C62H54N2. The lowest BCUT2D eigenvalue weighted by molar-refractivity contribution is 0.593. The number of anilines is 3. The zero-order valence-corrected chi connectivity index (χ0v) is 38.2. The number of aryl methyl sites for hydroxylation is 1. The Kier molecular flexibility index (Phi) is 9.12. The van der Waals surface area contributed by atoms with Crippen LogP contribution in [0.25, 0.3) is 81.6 Å². The van der Waals surface area contributed by atoms with Gasteiger partial charge < -0.3 is 9.47 Å². The fraction of sp³-hybridized carbons (Fsp3) is 0.161. The number of aromatic nitrogens is 1. The fourth-order valence-electron chi connectivity index (χ4n) is 11.0. The van der Waals surface area contributed by atoms with E-state index < -0.39 is 0 Å². The van der Waals surface area contributed by atoms with Crippen LogP contribution in [-0.4, -0.2) is 4.57 Å². The van der Waals surface area contributed by atoms with E-state index in [1.165, 1.54) is 104 Å². The predicted molar refractivity (Wildman–Crippen MR) is 278 cm³/mol. The average Bonchev–Trinajstić information content (AvgIpc) is 3.57. The highest BCUT2D eigenvalue weighted by Crippen LogP contribution is 2.50. The molecule has 1 aromatic heterocycles. The molecule has 0 bridgehead atoms. The molecule has 0 saturated carbocycles. The smallest absolute Gasteiger partial charge is 0.0619 e. The van der Waals surface area contributed by atoms with E-state index in [1.807, 2.05) is 0 Å². The van der Waals surface area contributed by atoms with Crippen LogP contribution in [0.4, 0.5) is 17.1 Å². The van der Waals surface area contributed by atoms with Gasteiger partial charge in [0.25, 0.3) is 0 Å². The first kappa shape index (κ1) is 39.7. The third kappa shape index (κ3) is 6.14. The summed E-state index contributed by atoms with van der Waals surface area (Å²) in [6, 6.07) is 67.5. The predicted octanol–water partition coefficient (Wildman–Crippen LogP) is 17.7. The van der Waals surface area contributed by atoms with Gasteiger partial charge in [-0.1, -0.05) is 181 Å². The number of benzene rings is 10. The quantitative estimate of drug-likeness (QED) is 0.124. The number of fused-ring (bicyclic) bond motifs is 10. The Labute approximate surface area is 377 Å². The summed E-state index contributed by atoms with van der Waals surface area (Å²) in [6.45, 7) is 18.8. The lowest BCUT2D eigenvalue weighted by Crippen LogP contribution is -2.17. The van der Waals surface area contributed by atoms with Gasteiger partial charge in [-0.3, -0.25) is 0 Å². The van der Waals surface area contributed by atoms with Crippen LogP contribution in [0, 0.1) is 13.8 Å². The van der Waals surface area contributed by atoms with Crippen LogP contribution in [-0.2, 0) is 10.8 Å². The van der Waals surface area contributed by atoms with Gasteiger partial charge in [-0.2, -0.15) is 0 Å². The lowest BCUT2D eigenvalue weighted by Gasteiger charge is -2.30. The van der Waals surface area contributed by atoms with E-state index in [-0.39, 0.29) is 10.8 Å². The largest absolute Gasteiger partial charge is 0.313 e. The molecular weight excluding hydrogens is 773 g/mol. The maximum Gasteiger partial charge on any atom is 0.0619 e. The summed E-state index contributed by atoms with van der Waals surface area (Å²) in [5.41, 5.74) is 13.6. The van der Waals surface area contributed by atoms with E-state index in [2.05, 4.69) is 247 Å². The first-order chi connectivity index (χ1) is 30.9. The Hall–Kier alpha value is -7.16. The van der Waals surface area contributed by atoms with Crippen molar-refractivity contribution in [2.75, 3.05) is 4.90 Å². The molecule has 0 aliphatic rings. The van der Waals surface area contributed by atoms with Crippen molar-refractivity contribution in [2.45, 2.75) is 66.2 Å². The Balaban J connectivity index is 1.22. The van der Waals surface area contributed by atoms with Gasteiger partial charge >= 0.3 is 0 Å². The molecule has 11 rings (SSSR count).